The first-order valence-electron chi connectivity index (χ1n) is 15.1. The number of nitrogens with zero attached hydrogens (tertiary/aromatic N) is 3. The van der Waals surface area contributed by atoms with Gasteiger partial charge in [-0.1, -0.05) is 27.7 Å². The largest absolute Gasteiger partial charge is 0.413 e. The third-order valence-corrected chi connectivity index (χ3v) is 14.2. The number of benzene rings is 1. The lowest BCUT2D eigenvalue weighted by Gasteiger charge is -2.49. The van der Waals surface area contributed by atoms with E-state index in [0.717, 1.165) is 36.7 Å². The molecule has 2 amide bonds. The van der Waals surface area contributed by atoms with Gasteiger partial charge in [0, 0.05) is 50.7 Å². The number of ether oxygens (including phenoxy) is 1. The van der Waals surface area contributed by atoms with Crippen LogP contribution in [0.25, 0.3) is 0 Å². The number of carbonyl (C=O) groups excluding carboxylic acids is 4. The van der Waals surface area contributed by atoms with E-state index in [9.17, 15) is 29.3 Å². The Hall–Kier alpha value is -3.42. The van der Waals surface area contributed by atoms with Gasteiger partial charge in [0.05, 0.1) is 28.6 Å². The number of nitrogens with one attached hydrogen (secondary N) is 1. The van der Waals surface area contributed by atoms with E-state index < -0.39 is 31.1 Å². The van der Waals surface area contributed by atoms with Gasteiger partial charge in [-0.3, -0.25) is 24.6 Å². The molecule has 0 aliphatic carbocycles. The van der Waals surface area contributed by atoms with Crippen molar-refractivity contribution in [1.29, 1.82) is 0 Å². The van der Waals surface area contributed by atoms with Crippen LogP contribution < -0.4 is 5.32 Å². The number of carbonyl (C=O) groups is 4. The number of rotatable bonds is 12. The fourth-order valence-electron chi connectivity index (χ4n) is 6.83. The highest BCUT2D eigenvalue weighted by Gasteiger charge is 2.61. The molecule has 0 spiro atoms. The number of likely N-dealkylation sites (tertiary alicyclic amines) is 1. The maximum Gasteiger partial charge on any atom is 0.362 e. The van der Waals surface area contributed by atoms with Crippen LogP contribution in [0.5, 0.6) is 0 Å². The second-order valence-corrected chi connectivity index (χ2v) is 16.6. The topological polar surface area (TPSA) is 148 Å². The lowest BCUT2D eigenvalue weighted by Crippen LogP contribution is -2.65. The quantitative estimate of drug-likeness (QED) is 0.0930. The van der Waals surface area contributed by atoms with Crippen molar-refractivity contribution in [3.8, 4) is 0 Å². The number of β-lactam (4-membered cyclic amide) rings is 1. The van der Waals surface area contributed by atoms with Crippen LogP contribution in [0, 0.1) is 22.0 Å². The van der Waals surface area contributed by atoms with Crippen molar-refractivity contribution < 1.29 is 33.3 Å². The molecular formula is C30H42N4O8Si. The number of nitro groups is 1. The number of hydrogen-bond donors (Lipinski definition) is 1. The van der Waals surface area contributed by atoms with E-state index in [0.29, 0.717) is 25.2 Å². The molecule has 4 rings (SSSR count). The number of amides is 2. The predicted octanol–water partition coefficient (Wildman–Crippen LogP) is 3.63. The Morgan fingerprint density at radius 2 is 1.74 bits per heavy atom. The van der Waals surface area contributed by atoms with Gasteiger partial charge in [0.1, 0.15) is 5.70 Å². The van der Waals surface area contributed by atoms with E-state index in [1.165, 1.54) is 24.0 Å². The van der Waals surface area contributed by atoms with E-state index in [1.807, 2.05) is 13.8 Å². The third kappa shape index (κ3) is 6.43. The molecule has 234 valence electrons. The Bertz CT molecular complexity index is 1300. The normalized spacial score (nSPS) is 24.4. The maximum atomic E-state index is 13.7. The van der Waals surface area contributed by atoms with Crippen LogP contribution in [-0.4, -0.2) is 84.6 Å². The zero-order chi connectivity index (χ0) is 31.6. The van der Waals surface area contributed by atoms with Crippen molar-refractivity contribution in [1.82, 2.24) is 15.1 Å². The molecule has 12 nitrogen and oxygen atoms in total. The summed E-state index contributed by atoms with van der Waals surface area (Å²) in [5, 5.41) is 13.9. The molecule has 3 aliphatic rings. The van der Waals surface area contributed by atoms with Gasteiger partial charge in [0.2, 0.25) is 11.8 Å². The minimum absolute atomic E-state index is 0.0102. The zero-order valence-electron chi connectivity index (χ0n) is 25.8. The van der Waals surface area contributed by atoms with Gasteiger partial charge in [-0.05, 0) is 49.2 Å². The molecule has 1 aromatic rings. The van der Waals surface area contributed by atoms with Crippen LogP contribution in [-0.2, 0) is 23.5 Å². The van der Waals surface area contributed by atoms with Gasteiger partial charge in [-0.25, -0.2) is 9.59 Å². The summed E-state index contributed by atoms with van der Waals surface area (Å²) in [5.41, 5.74) is 0.576. The highest BCUT2D eigenvalue weighted by Crippen LogP contribution is 2.49. The molecular weight excluding hydrogens is 572 g/mol. The minimum atomic E-state index is -2.00. The average Bonchev–Trinajstić information content (AvgIpc) is 3.51. The average molecular weight is 615 g/mol. The summed E-state index contributed by atoms with van der Waals surface area (Å²) < 4.78 is 12.0. The molecule has 43 heavy (non-hydrogen) atoms. The van der Waals surface area contributed by atoms with Crippen LogP contribution in [0.4, 0.5) is 5.69 Å². The van der Waals surface area contributed by atoms with Crippen LogP contribution in [0.2, 0.25) is 18.1 Å². The predicted molar refractivity (Wildman–Crippen MR) is 160 cm³/mol. The van der Waals surface area contributed by atoms with E-state index in [1.54, 1.807) is 0 Å². The van der Waals surface area contributed by atoms with Crippen molar-refractivity contribution in [2.75, 3.05) is 19.6 Å². The summed E-state index contributed by atoms with van der Waals surface area (Å²) in [6.07, 6.45) is 0.439. The van der Waals surface area contributed by atoms with E-state index >= 15 is 0 Å². The number of hydrogen-bond acceptors (Lipinski definition) is 9. The highest BCUT2D eigenvalue weighted by molar-refractivity contribution is 6.73. The van der Waals surface area contributed by atoms with Gasteiger partial charge in [-0.15, -0.1) is 0 Å². The summed E-state index contributed by atoms with van der Waals surface area (Å²) in [6, 6.07) is 7.31. The first-order valence-corrected chi connectivity index (χ1v) is 17.6. The summed E-state index contributed by atoms with van der Waals surface area (Å²) in [4.78, 5) is 65.8. The SMILES string of the molecule is CC[Si](CC)(CC)O[C@H](C)[C@H]1C(=O)N2C(C(=O)OC(=O)c3ccc([N+](=O)[O-])cc3)=C(CN3CC[C@H](NC(C)=O)C3)[C@H](C)[C@H]12. The molecule has 0 aromatic heterocycles. The van der Waals surface area contributed by atoms with Gasteiger partial charge < -0.3 is 19.4 Å². The summed E-state index contributed by atoms with van der Waals surface area (Å²) in [5.74, 6) is -2.83. The third-order valence-electron chi connectivity index (χ3n) is 9.44. The van der Waals surface area contributed by atoms with Crippen molar-refractivity contribution in [2.45, 2.75) is 84.3 Å². The molecule has 0 bridgehead atoms. The number of nitro benzene ring substituents is 1. The lowest BCUT2D eigenvalue weighted by atomic mass is 9.77. The molecule has 2 fully saturated rings. The number of esters is 2. The Morgan fingerprint density at radius 1 is 1.12 bits per heavy atom. The van der Waals surface area contributed by atoms with E-state index in [4.69, 9.17) is 9.16 Å². The standard InChI is InChI=1S/C30H42N4O8Si/c1-7-43(8-2,9-3)42-19(5)25-26-18(4)24(17-32-15-14-22(16-32)31-20(6)35)27(33(26)28(25)36)30(38)41-29(37)21-10-12-23(13-11-21)34(39)40/h10-13,18-19,22,25-26H,7-9,14-17H2,1-6H3,(H,31,35)/t18-,19+,22-,25+,26+/m0/s1. The summed E-state index contributed by atoms with van der Waals surface area (Å²) >= 11 is 0. The number of non-ortho nitro benzene ring substituents is 1. The molecule has 2 saturated heterocycles. The van der Waals surface area contributed by atoms with Crippen molar-refractivity contribution in [2.24, 2.45) is 11.8 Å². The van der Waals surface area contributed by atoms with Crippen molar-refractivity contribution in [3.05, 3.63) is 51.2 Å². The van der Waals surface area contributed by atoms with Crippen LogP contribution >= 0.6 is 0 Å². The van der Waals surface area contributed by atoms with Gasteiger partial charge >= 0.3 is 11.9 Å². The molecule has 0 unspecified atom stereocenters. The minimum Gasteiger partial charge on any atom is -0.413 e. The molecule has 0 radical (unpaired) electrons. The summed E-state index contributed by atoms with van der Waals surface area (Å²) in [7, 11) is -2.00. The van der Waals surface area contributed by atoms with E-state index in [2.05, 4.69) is 31.0 Å². The fourth-order valence-corrected chi connectivity index (χ4v) is 9.77. The smallest absolute Gasteiger partial charge is 0.362 e. The van der Waals surface area contributed by atoms with Gasteiger partial charge in [0.25, 0.3) is 5.69 Å². The van der Waals surface area contributed by atoms with Gasteiger partial charge in [0.15, 0.2) is 8.32 Å². The Balaban J connectivity index is 1.59. The molecule has 0 saturated carbocycles. The molecule has 1 N–H and O–H groups in total. The van der Waals surface area contributed by atoms with Crippen molar-refractivity contribution >= 4 is 37.8 Å². The first-order chi connectivity index (χ1) is 20.4. The molecule has 13 heteroatoms. The van der Waals surface area contributed by atoms with Crippen LogP contribution in [0.15, 0.2) is 35.5 Å². The van der Waals surface area contributed by atoms with Crippen molar-refractivity contribution in [3.63, 3.8) is 0 Å². The molecule has 5 atom stereocenters. The second-order valence-electron chi connectivity index (χ2n) is 11.9. The zero-order valence-corrected chi connectivity index (χ0v) is 26.8. The monoisotopic (exact) mass is 614 g/mol. The fraction of sp³-hybridized carbons (Fsp3) is 0.600. The molecule has 3 aliphatic heterocycles. The van der Waals surface area contributed by atoms with Crippen LogP contribution in [0.1, 0.15) is 58.3 Å². The van der Waals surface area contributed by atoms with Crippen LogP contribution in [0.3, 0.4) is 0 Å². The molecule has 3 heterocycles. The first kappa shape index (κ1) is 32.5. The Morgan fingerprint density at radius 3 is 2.30 bits per heavy atom. The summed E-state index contributed by atoms with van der Waals surface area (Å²) in [6.45, 7) is 13.5. The lowest BCUT2D eigenvalue weighted by molar-refractivity contribution is -0.384. The van der Waals surface area contributed by atoms with Gasteiger partial charge in [-0.2, -0.15) is 0 Å². The Kier molecular flexibility index (Phi) is 9.87. The van der Waals surface area contributed by atoms with E-state index in [-0.39, 0.29) is 52.9 Å². The Labute approximate surface area is 253 Å². The second kappa shape index (κ2) is 13.1. The highest BCUT2D eigenvalue weighted by atomic mass is 28.4. The molecule has 1 aromatic carbocycles. The maximum absolute atomic E-state index is 13.7. The number of fused-ring (bicyclic) bond motifs is 1.